The summed E-state index contributed by atoms with van der Waals surface area (Å²) < 4.78 is 22.1. The maximum absolute atomic E-state index is 6.56. The fourth-order valence-corrected chi connectivity index (χ4v) is 5.27. The van der Waals surface area contributed by atoms with E-state index in [2.05, 4.69) is 60.0 Å². The molecule has 0 saturated carbocycles. The lowest BCUT2D eigenvalue weighted by atomic mass is 10.1. The molecule has 34 heavy (non-hydrogen) atoms. The highest BCUT2D eigenvalue weighted by Crippen LogP contribution is 2.44. The summed E-state index contributed by atoms with van der Waals surface area (Å²) in [6, 6.07) is 10.2. The van der Waals surface area contributed by atoms with Crippen LogP contribution in [0.5, 0.6) is 0 Å². The Morgan fingerprint density at radius 3 is 2.79 bits per heavy atom. The molecule has 2 fully saturated rings. The van der Waals surface area contributed by atoms with E-state index < -0.39 is 12.0 Å². The van der Waals surface area contributed by atoms with Crippen molar-refractivity contribution in [1.29, 1.82) is 0 Å². The van der Waals surface area contributed by atoms with Crippen LogP contribution in [0.25, 0.3) is 21.9 Å². The molecule has 5 heterocycles. The number of hydrogen-bond acceptors (Lipinski definition) is 8. The SMILES string of the molecule is CN(C[C@H]1O[C@@H](n2ccc3c(N)ncnc32)[C@@H]2OC(C)(C)O[C@@H]21)c1ccc2cc(Br)cnc2c1. The number of likely N-dealkylation sites (N-methyl/N-ethyl adjacent to an activating group) is 1. The molecular weight excluding hydrogens is 500 g/mol. The summed E-state index contributed by atoms with van der Waals surface area (Å²) in [5.74, 6) is -0.263. The van der Waals surface area contributed by atoms with Gasteiger partial charge in [0.25, 0.3) is 0 Å². The van der Waals surface area contributed by atoms with Gasteiger partial charge in [0.2, 0.25) is 0 Å². The molecule has 0 spiro atoms. The van der Waals surface area contributed by atoms with Crippen molar-refractivity contribution in [3.8, 4) is 0 Å². The van der Waals surface area contributed by atoms with Crippen LogP contribution in [0, 0.1) is 0 Å². The predicted molar refractivity (Wildman–Crippen MR) is 132 cm³/mol. The van der Waals surface area contributed by atoms with Gasteiger partial charge in [-0.05, 0) is 54.0 Å². The van der Waals surface area contributed by atoms with Gasteiger partial charge < -0.3 is 29.4 Å². The minimum absolute atomic E-state index is 0.216. The molecular formula is C24H25BrN6O3. The Bertz CT molecular complexity index is 1390. The molecule has 4 atom stereocenters. The number of aromatic nitrogens is 4. The lowest BCUT2D eigenvalue weighted by Crippen LogP contribution is -2.38. The number of benzene rings is 1. The molecule has 9 nitrogen and oxygen atoms in total. The van der Waals surface area contributed by atoms with Crippen LogP contribution in [-0.4, -0.2) is 57.2 Å². The average Bonchev–Trinajstić information content (AvgIpc) is 3.45. The number of nitrogens with zero attached hydrogens (tertiary/aromatic N) is 5. The van der Waals surface area contributed by atoms with Crippen LogP contribution in [0.4, 0.5) is 11.5 Å². The van der Waals surface area contributed by atoms with E-state index in [1.54, 1.807) is 0 Å². The van der Waals surface area contributed by atoms with E-state index in [1.807, 2.05) is 43.9 Å². The summed E-state index contributed by atoms with van der Waals surface area (Å²) in [5, 5.41) is 1.87. The Hall–Kier alpha value is -2.79. The molecule has 6 rings (SSSR count). The molecule has 0 aliphatic carbocycles. The Labute approximate surface area is 205 Å². The van der Waals surface area contributed by atoms with E-state index in [-0.39, 0.29) is 18.3 Å². The van der Waals surface area contributed by atoms with E-state index in [4.69, 9.17) is 19.9 Å². The second-order valence-corrected chi connectivity index (χ2v) is 10.2. The van der Waals surface area contributed by atoms with Crippen molar-refractivity contribution in [3.63, 3.8) is 0 Å². The fraction of sp³-hybridized carbons (Fsp3) is 0.375. The molecule has 3 aromatic heterocycles. The highest BCUT2D eigenvalue weighted by Gasteiger charge is 2.56. The molecule has 1 aromatic carbocycles. The number of hydrogen-bond donors (Lipinski definition) is 1. The van der Waals surface area contributed by atoms with Crippen LogP contribution < -0.4 is 10.6 Å². The molecule has 0 radical (unpaired) electrons. The van der Waals surface area contributed by atoms with Crippen LogP contribution >= 0.6 is 15.9 Å². The zero-order valence-electron chi connectivity index (χ0n) is 19.1. The minimum atomic E-state index is -0.703. The Morgan fingerprint density at radius 1 is 1.12 bits per heavy atom. The summed E-state index contributed by atoms with van der Waals surface area (Å²) in [6.45, 7) is 4.49. The van der Waals surface area contributed by atoms with Gasteiger partial charge in [-0.2, -0.15) is 0 Å². The van der Waals surface area contributed by atoms with Gasteiger partial charge in [-0.15, -0.1) is 0 Å². The van der Waals surface area contributed by atoms with Crippen molar-refractivity contribution in [2.75, 3.05) is 24.2 Å². The Balaban J connectivity index is 1.30. The summed E-state index contributed by atoms with van der Waals surface area (Å²) in [4.78, 5) is 15.2. The summed E-state index contributed by atoms with van der Waals surface area (Å²) in [7, 11) is 2.05. The minimum Gasteiger partial charge on any atom is -0.383 e. The van der Waals surface area contributed by atoms with Crippen molar-refractivity contribution in [1.82, 2.24) is 19.5 Å². The highest BCUT2D eigenvalue weighted by atomic mass is 79.9. The van der Waals surface area contributed by atoms with Crippen molar-refractivity contribution in [2.45, 2.75) is 44.2 Å². The number of nitrogens with two attached hydrogens (primary N) is 1. The lowest BCUT2D eigenvalue weighted by molar-refractivity contribution is -0.195. The number of halogens is 1. The smallest absolute Gasteiger partial charge is 0.164 e. The van der Waals surface area contributed by atoms with E-state index in [1.165, 1.54) is 6.33 Å². The molecule has 2 aliphatic rings. The standard InChI is InChI=1S/C24H25BrN6O3/c1-24(2)33-19-18(11-30(3)15-5-4-13-8-14(25)10-27-17(13)9-15)32-23(20(19)34-24)31-7-6-16-21(26)28-12-29-22(16)31/h4-10,12,18-20,23H,11H2,1-3H3,(H2,26,28,29)/t18-,19-,20-,23-/m1/s1. The quantitative estimate of drug-likeness (QED) is 0.429. The Kier molecular flexibility index (Phi) is 5.03. The summed E-state index contributed by atoms with van der Waals surface area (Å²) in [6.07, 6.45) is 4.08. The monoisotopic (exact) mass is 524 g/mol. The van der Waals surface area contributed by atoms with Crippen LogP contribution in [0.2, 0.25) is 0 Å². The predicted octanol–water partition coefficient (Wildman–Crippen LogP) is 3.88. The highest BCUT2D eigenvalue weighted by molar-refractivity contribution is 9.10. The maximum Gasteiger partial charge on any atom is 0.164 e. The molecule has 2 N–H and O–H groups in total. The van der Waals surface area contributed by atoms with Gasteiger partial charge in [-0.1, -0.05) is 6.07 Å². The zero-order valence-corrected chi connectivity index (χ0v) is 20.6. The van der Waals surface area contributed by atoms with Crippen molar-refractivity contribution >= 4 is 49.4 Å². The lowest BCUT2D eigenvalue weighted by Gasteiger charge is -2.28. The van der Waals surface area contributed by atoms with Crippen LogP contribution in [0.1, 0.15) is 20.1 Å². The number of rotatable bonds is 4. The molecule has 0 unspecified atom stereocenters. The van der Waals surface area contributed by atoms with Gasteiger partial charge in [0.05, 0.1) is 10.9 Å². The van der Waals surface area contributed by atoms with Crippen molar-refractivity contribution in [3.05, 3.63) is 53.5 Å². The molecule has 2 saturated heterocycles. The first kappa shape index (κ1) is 21.7. The molecule has 4 aromatic rings. The maximum atomic E-state index is 6.56. The number of nitrogen functional groups attached to an aromatic ring is 1. The summed E-state index contributed by atoms with van der Waals surface area (Å²) in [5.41, 5.74) is 8.75. The third-order valence-corrected chi connectivity index (χ3v) is 6.90. The first-order valence-corrected chi connectivity index (χ1v) is 11.9. The molecule has 2 aliphatic heterocycles. The molecule has 10 heteroatoms. The number of ether oxygens (including phenoxy) is 3. The van der Waals surface area contributed by atoms with Gasteiger partial charge in [-0.25, -0.2) is 9.97 Å². The largest absolute Gasteiger partial charge is 0.383 e. The van der Waals surface area contributed by atoms with E-state index in [9.17, 15) is 0 Å². The second kappa shape index (κ2) is 7.88. The topological polar surface area (TPSA) is 101 Å². The number of anilines is 2. The van der Waals surface area contributed by atoms with Crippen LogP contribution in [-0.2, 0) is 14.2 Å². The third-order valence-electron chi connectivity index (χ3n) is 6.47. The zero-order chi connectivity index (χ0) is 23.6. The molecule has 0 amide bonds. The van der Waals surface area contributed by atoms with E-state index >= 15 is 0 Å². The van der Waals surface area contributed by atoms with E-state index in [0.29, 0.717) is 18.0 Å². The van der Waals surface area contributed by atoms with E-state index in [0.717, 1.165) is 26.4 Å². The first-order chi connectivity index (χ1) is 16.3. The van der Waals surface area contributed by atoms with Gasteiger partial charge in [0.15, 0.2) is 12.0 Å². The molecule has 176 valence electrons. The Morgan fingerprint density at radius 2 is 1.94 bits per heavy atom. The van der Waals surface area contributed by atoms with Gasteiger partial charge >= 0.3 is 0 Å². The third kappa shape index (κ3) is 3.61. The van der Waals surface area contributed by atoms with Gasteiger partial charge in [0, 0.05) is 41.5 Å². The second-order valence-electron chi connectivity index (χ2n) is 9.26. The van der Waals surface area contributed by atoms with Crippen LogP contribution in [0.15, 0.2) is 53.5 Å². The normalized spacial score (nSPS) is 25.8. The van der Waals surface area contributed by atoms with Gasteiger partial charge in [-0.3, -0.25) is 4.98 Å². The van der Waals surface area contributed by atoms with Crippen LogP contribution in [0.3, 0.4) is 0 Å². The number of pyridine rings is 1. The average molecular weight is 525 g/mol. The number of fused-ring (bicyclic) bond motifs is 3. The fourth-order valence-electron chi connectivity index (χ4n) is 4.92. The van der Waals surface area contributed by atoms with Gasteiger partial charge in [0.1, 0.15) is 36.1 Å². The van der Waals surface area contributed by atoms with Crippen molar-refractivity contribution in [2.24, 2.45) is 0 Å². The van der Waals surface area contributed by atoms with Crippen molar-refractivity contribution < 1.29 is 14.2 Å². The summed E-state index contributed by atoms with van der Waals surface area (Å²) >= 11 is 3.48. The first-order valence-electron chi connectivity index (χ1n) is 11.1. The molecule has 0 bridgehead atoms.